The van der Waals surface area contributed by atoms with Crippen LogP contribution in [0.25, 0.3) is 11.1 Å². The van der Waals surface area contributed by atoms with Crippen molar-refractivity contribution in [1.29, 1.82) is 0 Å². The van der Waals surface area contributed by atoms with Crippen molar-refractivity contribution in [3.05, 3.63) is 53.6 Å². The Bertz CT molecular complexity index is 827. The molecule has 3 atom stereocenters. The number of rotatable bonds is 4. The molecule has 0 aliphatic carbocycles. The zero-order chi connectivity index (χ0) is 19.0. The molecule has 2 aliphatic rings. The van der Waals surface area contributed by atoms with Crippen molar-refractivity contribution in [1.82, 2.24) is 4.90 Å². The summed E-state index contributed by atoms with van der Waals surface area (Å²) in [6.45, 7) is 0.549. The van der Waals surface area contributed by atoms with E-state index in [-0.39, 0.29) is 0 Å². The molecule has 1 amide bonds. The highest BCUT2D eigenvalue weighted by molar-refractivity contribution is 6.30. The molecule has 2 aromatic rings. The fourth-order valence-electron chi connectivity index (χ4n) is 4.82. The second kappa shape index (κ2) is 7.53. The molecule has 0 radical (unpaired) electrons. The number of para-hydroxylation sites is 1. The molecule has 142 valence electrons. The fourth-order valence-corrected chi connectivity index (χ4v) is 5.01. The van der Waals surface area contributed by atoms with Crippen LogP contribution in [0.15, 0.2) is 48.5 Å². The highest BCUT2D eigenvalue weighted by Crippen LogP contribution is 2.39. The first-order valence-electron chi connectivity index (χ1n) is 9.60. The van der Waals surface area contributed by atoms with Crippen LogP contribution in [0, 0.1) is 5.92 Å². The summed E-state index contributed by atoms with van der Waals surface area (Å²) in [6.07, 6.45) is 3.75. The van der Waals surface area contributed by atoms with Gasteiger partial charge < -0.3 is 10.0 Å². The van der Waals surface area contributed by atoms with Crippen LogP contribution in [0.2, 0.25) is 5.02 Å². The van der Waals surface area contributed by atoms with Gasteiger partial charge >= 0.3 is 6.09 Å². The Balaban J connectivity index is 1.63. The summed E-state index contributed by atoms with van der Waals surface area (Å²) in [7, 11) is 2.21. The zero-order valence-electron chi connectivity index (χ0n) is 15.5. The minimum absolute atomic E-state index is 0.405. The van der Waals surface area contributed by atoms with Gasteiger partial charge in [0.05, 0.1) is 5.69 Å². The summed E-state index contributed by atoms with van der Waals surface area (Å²) in [4.78, 5) is 16.2. The molecular weight excluding hydrogens is 360 g/mol. The number of amides is 1. The largest absolute Gasteiger partial charge is 0.465 e. The number of halogens is 1. The predicted molar refractivity (Wildman–Crippen MR) is 110 cm³/mol. The monoisotopic (exact) mass is 384 g/mol. The lowest BCUT2D eigenvalue weighted by Gasteiger charge is -2.38. The molecule has 0 spiro atoms. The fraction of sp³-hybridized carbons (Fsp3) is 0.409. The number of anilines is 1. The van der Waals surface area contributed by atoms with Crippen LogP contribution in [-0.2, 0) is 0 Å². The summed E-state index contributed by atoms with van der Waals surface area (Å²) in [5.41, 5.74) is 2.57. The molecule has 0 saturated carbocycles. The van der Waals surface area contributed by atoms with E-state index in [0.29, 0.717) is 29.6 Å². The third-order valence-electron chi connectivity index (χ3n) is 6.20. The summed E-state index contributed by atoms with van der Waals surface area (Å²) in [6, 6.07) is 16.5. The van der Waals surface area contributed by atoms with Gasteiger partial charge in [0.15, 0.2) is 0 Å². The molecule has 2 saturated heterocycles. The van der Waals surface area contributed by atoms with Gasteiger partial charge in [0.2, 0.25) is 0 Å². The second-order valence-electron chi connectivity index (χ2n) is 7.81. The van der Waals surface area contributed by atoms with E-state index in [1.165, 1.54) is 17.7 Å². The number of carboxylic acid groups (broad SMARTS) is 1. The van der Waals surface area contributed by atoms with Gasteiger partial charge in [-0.2, -0.15) is 0 Å². The Labute approximate surface area is 165 Å². The van der Waals surface area contributed by atoms with Crippen LogP contribution >= 0.6 is 11.6 Å². The van der Waals surface area contributed by atoms with E-state index in [1.54, 1.807) is 0 Å². The topological polar surface area (TPSA) is 43.8 Å². The standard InChI is InChI=1S/C22H25ClN2O2/c1-24-18-9-10-19(24)12-15(11-18)14-25(22(26)27)21-8-3-2-7-20(21)16-5-4-6-17(23)13-16/h2-8,13,15,18-19H,9-12,14H2,1H3,(H,26,27)/t15?,18-,19+. The van der Waals surface area contributed by atoms with E-state index in [9.17, 15) is 9.90 Å². The summed E-state index contributed by atoms with van der Waals surface area (Å²) >= 11 is 6.16. The molecule has 2 bridgehead atoms. The maximum Gasteiger partial charge on any atom is 0.411 e. The van der Waals surface area contributed by atoms with Crippen LogP contribution in [0.5, 0.6) is 0 Å². The van der Waals surface area contributed by atoms with Crippen molar-refractivity contribution in [2.75, 3.05) is 18.5 Å². The summed E-state index contributed by atoms with van der Waals surface area (Å²) in [5, 5.41) is 10.6. The minimum atomic E-state index is -0.893. The molecule has 1 N–H and O–H groups in total. The van der Waals surface area contributed by atoms with Gasteiger partial charge in [-0.05, 0) is 62.4 Å². The number of fused-ring (bicyclic) bond motifs is 2. The molecule has 5 heteroatoms. The van der Waals surface area contributed by atoms with E-state index in [1.807, 2.05) is 48.5 Å². The smallest absolute Gasteiger partial charge is 0.411 e. The Kier molecular flexibility index (Phi) is 5.11. The molecule has 27 heavy (non-hydrogen) atoms. The zero-order valence-corrected chi connectivity index (χ0v) is 16.3. The van der Waals surface area contributed by atoms with E-state index in [0.717, 1.165) is 29.7 Å². The van der Waals surface area contributed by atoms with Crippen molar-refractivity contribution >= 4 is 23.4 Å². The number of hydrogen-bond donors (Lipinski definition) is 1. The lowest BCUT2D eigenvalue weighted by Crippen LogP contribution is -2.44. The Morgan fingerprint density at radius 2 is 1.85 bits per heavy atom. The van der Waals surface area contributed by atoms with Crippen LogP contribution in [-0.4, -0.2) is 41.8 Å². The Morgan fingerprint density at radius 1 is 1.15 bits per heavy atom. The lowest BCUT2D eigenvalue weighted by molar-refractivity contribution is 0.134. The Hall–Kier alpha value is -2.04. The van der Waals surface area contributed by atoms with Crippen molar-refractivity contribution in [3.63, 3.8) is 0 Å². The van der Waals surface area contributed by atoms with E-state index in [4.69, 9.17) is 11.6 Å². The second-order valence-corrected chi connectivity index (χ2v) is 8.25. The summed E-state index contributed by atoms with van der Waals surface area (Å²) < 4.78 is 0. The van der Waals surface area contributed by atoms with Crippen molar-refractivity contribution in [2.45, 2.75) is 37.8 Å². The molecule has 2 aliphatic heterocycles. The van der Waals surface area contributed by atoms with Crippen molar-refractivity contribution < 1.29 is 9.90 Å². The van der Waals surface area contributed by atoms with Crippen LogP contribution in [0.1, 0.15) is 25.7 Å². The van der Waals surface area contributed by atoms with Gasteiger partial charge in [0.1, 0.15) is 0 Å². The minimum Gasteiger partial charge on any atom is -0.465 e. The SMILES string of the molecule is CN1[C@@H]2CC[C@H]1CC(CN(C(=O)O)c1ccccc1-c1cccc(Cl)c1)C2. The number of nitrogens with zero attached hydrogens (tertiary/aromatic N) is 2. The molecule has 0 aromatic heterocycles. The normalized spacial score (nSPS) is 24.7. The molecule has 4 nitrogen and oxygen atoms in total. The maximum atomic E-state index is 12.2. The van der Waals surface area contributed by atoms with Crippen LogP contribution in [0.3, 0.4) is 0 Å². The van der Waals surface area contributed by atoms with Gasteiger partial charge in [0, 0.05) is 29.2 Å². The highest BCUT2D eigenvalue weighted by Gasteiger charge is 2.39. The van der Waals surface area contributed by atoms with Gasteiger partial charge in [-0.1, -0.05) is 41.9 Å². The summed E-state index contributed by atoms with van der Waals surface area (Å²) in [5.74, 6) is 0.405. The maximum absolute atomic E-state index is 12.2. The first kappa shape index (κ1) is 18.3. The molecule has 2 aromatic carbocycles. The number of carbonyl (C=O) groups is 1. The highest BCUT2D eigenvalue weighted by atomic mass is 35.5. The quantitative estimate of drug-likeness (QED) is 0.771. The van der Waals surface area contributed by atoms with Crippen molar-refractivity contribution in [2.24, 2.45) is 5.92 Å². The van der Waals surface area contributed by atoms with Crippen LogP contribution < -0.4 is 4.90 Å². The first-order valence-corrected chi connectivity index (χ1v) is 9.98. The first-order chi connectivity index (χ1) is 13.0. The average molecular weight is 385 g/mol. The van der Waals surface area contributed by atoms with Gasteiger partial charge in [-0.3, -0.25) is 4.90 Å². The number of hydrogen-bond acceptors (Lipinski definition) is 2. The van der Waals surface area contributed by atoms with Gasteiger partial charge in [-0.25, -0.2) is 4.79 Å². The van der Waals surface area contributed by atoms with Gasteiger partial charge in [-0.15, -0.1) is 0 Å². The Morgan fingerprint density at radius 3 is 2.52 bits per heavy atom. The molecule has 1 unspecified atom stereocenters. The molecule has 2 fully saturated rings. The number of benzene rings is 2. The van der Waals surface area contributed by atoms with Crippen molar-refractivity contribution in [3.8, 4) is 11.1 Å². The van der Waals surface area contributed by atoms with E-state index < -0.39 is 6.09 Å². The molecular formula is C22H25ClN2O2. The third-order valence-corrected chi connectivity index (χ3v) is 6.43. The molecule has 2 heterocycles. The van der Waals surface area contributed by atoms with E-state index >= 15 is 0 Å². The molecule has 4 rings (SSSR count). The average Bonchev–Trinajstić information content (AvgIpc) is 2.87. The van der Waals surface area contributed by atoms with Crippen LogP contribution in [0.4, 0.5) is 10.5 Å². The third kappa shape index (κ3) is 3.69. The van der Waals surface area contributed by atoms with E-state index in [2.05, 4.69) is 11.9 Å². The van der Waals surface area contributed by atoms with Gasteiger partial charge in [0.25, 0.3) is 0 Å². The lowest BCUT2D eigenvalue weighted by atomic mass is 9.90. The predicted octanol–water partition coefficient (Wildman–Crippen LogP) is 5.36. The number of piperidine rings is 1.